The Morgan fingerprint density at radius 3 is 2.84 bits per heavy atom. The second-order valence-corrected chi connectivity index (χ2v) is 4.58. The van der Waals surface area contributed by atoms with Crippen molar-refractivity contribution in [1.82, 2.24) is 9.97 Å². The van der Waals surface area contributed by atoms with Gasteiger partial charge < -0.3 is 10.7 Å². The van der Waals surface area contributed by atoms with Gasteiger partial charge in [-0.2, -0.15) is 0 Å². The van der Waals surface area contributed by atoms with Crippen LogP contribution < -0.4 is 16.6 Å². The third-order valence-electron chi connectivity index (χ3n) is 2.30. The Morgan fingerprint density at radius 2 is 2.21 bits per heavy atom. The lowest BCUT2D eigenvalue weighted by molar-refractivity contribution is -0.384. The molecule has 0 saturated carbocycles. The number of nitrogens with zero attached hydrogens (tertiary/aromatic N) is 3. The Morgan fingerprint density at radius 1 is 1.42 bits per heavy atom. The topological polar surface area (TPSA) is 119 Å². The number of aromatic nitrogens is 2. The first-order chi connectivity index (χ1) is 9.19. The standard InChI is InChI=1S/C10H12N6O2S/c11-15-9-6-7(16(17)18)5-8(14-9)12-2-1-10-13-3-4-19-10/h3-6H,1-2,11H2,(H2,12,14,15). The number of pyridine rings is 1. The van der Waals surface area contributed by atoms with E-state index in [1.807, 2.05) is 5.38 Å². The molecule has 0 spiro atoms. The Hall–Kier alpha value is -2.26. The number of nitro groups is 1. The molecule has 2 aromatic heterocycles. The van der Waals surface area contributed by atoms with Crippen molar-refractivity contribution >= 4 is 28.7 Å². The second kappa shape index (κ2) is 6.07. The van der Waals surface area contributed by atoms with E-state index in [1.165, 1.54) is 12.1 Å². The summed E-state index contributed by atoms with van der Waals surface area (Å²) in [5, 5.41) is 16.7. The van der Waals surface area contributed by atoms with Gasteiger partial charge in [0, 0.05) is 24.5 Å². The van der Waals surface area contributed by atoms with Crippen molar-refractivity contribution in [3.63, 3.8) is 0 Å². The predicted molar refractivity (Wildman–Crippen MR) is 73.0 cm³/mol. The van der Waals surface area contributed by atoms with Crippen molar-refractivity contribution in [3.8, 4) is 0 Å². The van der Waals surface area contributed by atoms with Gasteiger partial charge >= 0.3 is 0 Å². The van der Waals surface area contributed by atoms with Crippen LogP contribution in [0.1, 0.15) is 5.01 Å². The molecule has 0 aliphatic carbocycles. The Bertz CT molecular complexity index is 559. The molecule has 0 aromatic carbocycles. The summed E-state index contributed by atoms with van der Waals surface area (Å²) < 4.78 is 0. The number of nitrogens with two attached hydrogens (primary N) is 1. The molecule has 100 valence electrons. The van der Waals surface area contributed by atoms with Crippen molar-refractivity contribution in [1.29, 1.82) is 0 Å². The molecule has 2 aromatic rings. The minimum absolute atomic E-state index is 0.0697. The lowest BCUT2D eigenvalue weighted by atomic mass is 10.3. The number of nitrogens with one attached hydrogen (secondary N) is 2. The summed E-state index contributed by atoms with van der Waals surface area (Å²) in [6.45, 7) is 0.589. The number of rotatable bonds is 6. The molecule has 0 radical (unpaired) electrons. The van der Waals surface area contributed by atoms with Gasteiger partial charge in [-0.15, -0.1) is 11.3 Å². The molecule has 0 saturated heterocycles. The number of anilines is 2. The van der Waals surface area contributed by atoms with Crippen molar-refractivity contribution in [2.24, 2.45) is 5.84 Å². The van der Waals surface area contributed by atoms with E-state index < -0.39 is 4.92 Å². The smallest absolute Gasteiger partial charge is 0.276 e. The lowest BCUT2D eigenvalue weighted by Gasteiger charge is -2.06. The van der Waals surface area contributed by atoms with Crippen molar-refractivity contribution < 1.29 is 4.92 Å². The van der Waals surface area contributed by atoms with Gasteiger partial charge in [0.05, 0.1) is 22.1 Å². The van der Waals surface area contributed by atoms with E-state index in [4.69, 9.17) is 5.84 Å². The Kier molecular flexibility index (Phi) is 4.21. The van der Waals surface area contributed by atoms with Crippen LogP contribution in [0.25, 0.3) is 0 Å². The molecule has 0 atom stereocenters. The quantitative estimate of drug-likeness (QED) is 0.415. The van der Waals surface area contributed by atoms with E-state index in [0.717, 1.165) is 11.4 Å². The summed E-state index contributed by atoms with van der Waals surface area (Å²) in [6, 6.07) is 2.63. The third-order valence-corrected chi connectivity index (χ3v) is 3.14. The normalized spacial score (nSPS) is 10.2. The van der Waals surface area contributed by atoms with Gasteiger partial charge in [0.25, 0.3) is 5.69 Å². The number of nitrogen functional groups attached to an aromatic ring is 1. The number of hydrogen-bond acceptors (Lipinski definition) is 8. The molecule has 2 rings (SSSR count). The highest BCUT2D eigenvalue weighted by atomic mass is 32.1. The molecule has 0 unspecified atom stereocenters. The molecule has 0 amide bonds. The van der Waals surface area contributed by atoms with E-state index >= 15 is 0 Å². The first-order valence-corrected chi connectivity index (χ1v) is 6.32. The van der Waals surface area contributed by atoms with E-state index in [2.05, 4.69) is 20.7 Å². The third kappa shape index (κ3) is 3.60. The van der Waals surface area contributed by atoms with Crippen LogP contribution in [0.3, 0.4) is 0 Å². The molecule has 0 fully saturated rings. The predicted octanol–water partition coefficient (Wildman–Crippen LogP) is 1.39. The summed E-state index contributed by atoms with van der Waals surface area (Å²) in [4.78, 5) is 18.5. The van der Waals surface area contributed by atoms with Gasteiger partial charge in [-0.3, -0.25) is 10.1 Å². The van der Waals surface area contributed by atoms with Crippen LogP contribution in [-0.4, -0.2) is 21.4 Å². The highest BCUT2D eigenvalue weighted by Gasteiger charge is 2.10. The highest BCUT2D eigenvalue weighted by Crippen LogP contribution is 2.20. The fourth-order valence-corrected chi connectivity index (χ4v) is 2.08. The van der Waals surface area contributed by atoms with Gasteiger partial charge in [0.1, 0.15) is 11.6 Å². The average molecular weight is 280 g/mol. The molecule has 8 nitrogen and oxygen atoms in total. The zero-order chi connectivity index (χ0) is 13.7. The van der Waals surface area contributed by atoms with Gasteiger partial charge in [-0.05, 0) is 0 Å². The maximum atomic E-state index is 10.8. The summed E-state index contributed by atoms with van der Waals surface area (Å²) in [5.74, 6) is 5.87. The molecule has 2 heterocycles. The average Bonchev–Trinajstić information content (AvgIpc) is 2.91. The molecule has 0 bridgehead atoms. The van der Waals surface area contributed by atoms with E-state index in [1.54, 1.807) is 17.5 Å². The molecule has 19 heavy (non-hydrogen) atoms. The number of hydrogen-bond donors (Lipinski definition) is 3. The second-order valence-electron chi connectivity index (χ2n) is 3.60. The minimum Gasteiger partial charge on any atom is -0.369 e. The maximum absolute atomic E-state index is 10.8. The van der Waals surface area contributed by atoms with E-state index in [9.17, 15) is 10.1 Å². The van der Waals surface area contributed by atoms with Gasteiger partial charge in [0.2, 0.25) is 0 Å². The van der Waals surface area contributed by atoms with Crippen LogP contribution in [-0.2, 0) is 6.42 Å². The van der Waals surface area contributed by atoms with Crippen molar-refractivity contribution in [2.45, 2.75) is 6.42 Å². The van der Waals surface area contributed by atoms with Crippen molar-refractivity contribution in [3.05, 3.63) is 38.8 Å². The molecule has 9 heteroatoms. The number of thiazole rings is 1. The summed E-state index contributed by atoms with van der Waals surface area (Å²) in [6.07, 6.45) is 2.47. The lowest BCUT2D eigenvalue weighted by Crippen LogP contribution is -2.12. The molecular weight excluding hydrogens is 268 g/mol. The SMILES string of the molecule is NNc1cc([N+](=O)[O-])cc(NCCc2nccs2)n1. The van der Waals surface area contributed by atoms with Crippen LogP contribution in [0.4, 0.5) is 17.3 Å². The van der Waals surface area contributed by atoms with Crippen LogP contribution in [0, 0.1) is 10.1 Å². The molecule has 4 N–H and O–H groups in total. The summed E-state index contributed by atoms with van der Waals surface area (Å²) in [7, 11) is 0. The van der Waals surface area contributed by atoms with Crippen molar-refractivity contribution in [2.75, 3.05) is 17.3 Å². The van der Waals surface area contributed by atoms with E-state index in [-0.39, 0.29) is 11.5 Å². The summed E-state index contributed by atoms with van der Waals surface area (Å²) in [5.41, 5.74) is 2.23. The fraction of sp³-hybridized carbons (Fsp3) is 0.200. The van der Waals surface area contributed by atoms with E-state index in [0.29, 0.717) is 12.4 Å². The molecule has 0 aliphatic rings. The monoisotopic (exact) mass is 280 g/mol. The summed E-state index contributed by atoms with van der Waals surface area (Å²) >= 11 is 1.56. The van der Waals surface area contributed by atoms with Crippen LogP contribution in [0.2, 0.25) is 0 Å². The van der Waals surface area contributed by atoms with Gasteiger partial charge in [-0.1, -0.05) is 0 Å². The first-order valence-electron chi connectivity index (χ1n) is 5.44. The van der Waals surface area contributed by atoms with Gasteiger partial charge in [-0.25, -0.2) is 15.8 Å². The van der Waals surface area contributed by atoms with Gasteiger partial charge in [0.15, 0.2) is 0 Å². The largest absolute Gasteiger partial charge is 0.369 e. The van der Waals surface area contributed by atoms with Crippen LogP contribution in [0.15, 0.2) is 23.7 Å². The first kappa shape index (κ1) is 13.2. The number of hydrazine groups is 1. The van der Waals surface area contributed by atoms with Crippen LogP contribution >= 0.6 is 11.3 Å². The Balaban J connectivity index is 2.02. The zero-order valence-corrected chi connectivity index (χ0v) is 10.7. The fourth-order valence-electron chi connectivity index (χ4n) is 1.46. The molecular formula is C10H12N6O2S. The maximum Gasteiger partial charge on any atom is 0.276 e. The minimum atomic E-state index is -0.492. The Labute approximate surface area is 112 Å². The zero-order valence-electron chi connectivity index (χ0n) is 9.87. The van der Waals surface area contributed by atoms with Crippen LogP contribution in [0.5, 0.6) is 0 Å². The molecule has 0 aliphatic heterocycles. The highest BCUT2D eigenvalue weighted by molar-refractivity contribution is 7.09.